The Labute approximate surface area is 86.2 Å². The van der Waals surface area contributed by atoms with Crippen molar-refractivity contribution in [1.82, 2.24) is 0 Å². The standard InChI is InChI=1S/C9H11N3O3/c1-6-2-3-8(12(14)15)7(4-6)11-9(13)5-10/h2-4H,5,10H2,1H3,(H,11,13). The van der Waals surface area contributed by atoms with E-state index >= 15 is 0 Å². The lowest BCUT2D eigenvalue weighted by Gasteiger charge is -2.05. The smallest absolute Gasteiger partial charge is 0.292 e. The number of anilines is 1. The van der Waals surface area contributed by atoms with E-state index in [2.05, 4.69) is 5.32 Å². The van der Waals surface area contributed by atoms with E-state index in [1.807, 2.05) is 0 Å². The van der Waals surface area contributed by atoms with Crippen LogP contribution < -0.4 is 11.1 Å². The summed E-state index contributed by atoms with van der Waals surface area (Å²) in [6.07, 6.45) is 0. The molecular weight excluding hydrogens is 198 g/mol. The van der Waals surface area contributed by atoms with Gasteiger partial charge in [0.25, 0.3) is 5.69 Å². The predicted molar refractivity (Wildman–Crippen MR) is 55.5 cm³/mol. The molecule has 0 aliphatic heterocycles. The third-order valence-electron chi connectivity index (χ3n) is 1.81. The summed E-state index contributed by atoms with van der Waals surface area (Å²) in [4.78, 5) is 21.1. The fourth-order valence-electron chi connectivity index (χ4n) is 1.11. The monoisotopic (exact) mass is 209 g/mol. The molecule has 1 amide bonds. The number of carbonyl (C=O) groups is 1. The highest BCUT2D eigenvalue weighted by Crippen LogP contribution is 2.24. The van der Waals surface area contributed by atoms with Gasteiger partial charge in [0, 0.05) is 6.07 Å². The van der Waals surface area contributed by atoms with E-state index in [9.17, 15) is 14.9 Å². The van der Waals surface area contributed by atoms with Gasteiger partial charge in [-0.3, -0.25) is 14.9 Å². The number of rotatable bonds is 3. The van der Waals surface area contributed by atoms with E-state index in [4.69, 9.17) is 5.73 Å². The van der Waals surface area contributed by atoms with Gasteiger partial charge in [0.05, 0.1) is 11.5 Å². The second-order valence-electron chi connectivity index (χ2n) is 3.03. The fourth-order valence-corrected chi connectivity index (χ4v) is 1.11. The van der Waals surface area contributed by atoms with Crippen molar-refractivity contribution in [3.05, 3.63) is 33.9 Å². The average molecular weight is 209 g/mol. The van der Waals surface area contributed by atoms with Crippen LogP contribution in [-0.2, 0) is 4.79 Å². The van der Waals surface area contributed by atoms with Gasteiger partial charge in [-0.1, -0.05) is 6.07 Å². The van der Waals surface area contributed by atoms with Crippen molar-refractivity contribution < 1.29 is 9.72 Å². The zero-order valence-corrected chi connectivity index (χ0v) is 8.19. The number of nitrogens with one attached hydrogen (secondary N) is 1. The van der Waals surface area contributed by atoms with Crippen LogP contribution in [0.5, 0.6) is 0 Å². The Morgan fingerprint density at radius 2 is 2.27 bits per heavy atom. The summed E-state index contributed by atoms with van der Waals surface area (Å²) >= 11 is 0. The lowest BCUT2D eigenvalue weighted by atomic mass is 10.2. The van der Waals surface area contributed by atoms with Gasteiger partial charge in [-0.25, -0.2) is 0 Å². The van der Waals surface area contributed by atoms with Gasteiger partial charge in [0.1, 0.15) is 5.69 Å². The Kier molecular flexibility index (Phi) is 3.35. The molecule has 0 saturated heterocycles. The fraction of sp³-hybridized carbons (Fsp3) is 0.222. The molecular formula is C9H11N3O3. The van der Waals surface area contributed by atoms with Gasteiger partial charge >= 0.3 is 0 Å². The molecule has 1 aromatic rings. The minimum atomic E-state index is -0.550. The highest BCUT2D eigenvalue weighted by atomic mass is 16.6. The molecule has 0 bridgehead atoms. The summed E-state index contributed by atoms with van der Waals surface area (Å²) in [6.45, 7) is 1.58. The van der Waals surface area contributed by atoms with Crippen LogP contribution in [0.1, 0.15) is 5.56 Å². The van der Waals surface area contributed by atoms with Crippen LogP contribution in [0.4, 0.5) is 11.4 Å². The van der Waals surface area contributed by atoms with E-state index < -0.39 is 10.8 Å². The number of nitrogens with zero attached hydrogens (tertiary/aromatic N) is 1. The van der Waals surface area contributed by atoms with Crippen LogP contribution in [0.2, 0.25) is 0 Å². The van der Waals surface area contributed by atoms with Gasteiger partial charge in [0.2, 0.25) is 5.91 Å². The molecule has 0 radical (unpaired) electrons. The van der Waals surface area contributed by atoms with E-state index in [1.165, 1.54) is 12.1 Å². The van der Waals surface area contributed by atoms with Crippen molar-refractivity contribution in [1.29, 1.82) is 0 Å². The zero-order valence-electron chi connectivity index (χ0n) is 8.19. The van der Waals surface area contributed by atoms with E-state index in [1.54, 1.807) is 13.0 Å². The Bertz CT molecular complexity index is 404. The van der Waals surface area contributed by atoms with Crippen LogP contribution in [0.3, 0.4) is 0 Å². The highest BCUT2D eigenvalue weighted by molar-refractivity contribution is 5.94. The van der Waals surface area contributed by atoms with Crippen molar-refractivity contribution in [2.24, 2.45) is 5.73 Å². The van der Waals surface area contributed by atoms with Crippen molar-refractivity contribution >= 4 is 17.3 Å². The molecule has 3 N–H and O–H groups in total. The van der Waals surface area contributed by atoms with Crippen LogP contribution >= 0.6 is 0 Å². The predicted octanol–water partition coefficient (Wildman–Crippen LogP) is 0.800. The summed E-state index contributed by atoms with van der Waals surface area (Å²) < 4.78 is 0. The Morgan fingerprint density at radius 1 is 1.60 bits per heavy atom. The highest BCUT2D eigenvalue weighted by Gasteiger charge is 2.14. The molecule has 80 valence electrons. The minimum Gasteiger partial charge on any atom is -0.322 e. The lowest BCUT2D eigenvalue weighted by Crippen LogP contribution is -2.22. The average Bonchev–Trinajstić information content (AvgIpc) is 2.17. The number of hydrogen-bond acceptors (Lipinski definition) is 4. The first kappa shape index (κ1) is 11.1. The van der Waals surface area contributed by atoms with Crippen molar-refractivity contribution in [2.45, 2.75) is 6.92 Å². The molecule has 0 unspecified atom stereocenters. The van der Waals surface area contributed by atoms with Crippen molar-refractivity contribution in [2.75, 3.05) is 11.9 Å². The maximum absolute atomic E-state index is 11.0. The van der Waals surface area contributed by atoms with Crippen molar-refractivity contribution in [3.63, 3.8) is 0 Å². The van der Waals surface area contributed by atoms with E-state index in [-0.39, 0.29) is 17.9 Å². The SMILES string of the molecule is Cc1ccc([N+](=O)[O-])c(NC(=O)CN)c1. The molecule has 0 spiro atoms. The van der Waals surface area contributed by atoms with Gasteiger partial charge in [-0.2, -0.15) is 0 Å². The zero-order chi connectivity index (χ0) is 11.4. The molecule has 15 heavy (non-hydrogen) atoms. The number of nitro groups is 1. The molecule has 0 atom stereocenters. The summed E-state index contributed by atoms with van der Waals surface area (Å²) in [7, 11) is 0. The number of nitrogens with two attached hydrogens (primary N) is 1. The number of hydrogen-bond donors (Lipinski definition) is 2. The number of amides is 1. The van der Waals surface area contributed by atoms with Crippen LogP contribution in [0.25, 0.3) is 0 Å². The summed E-state index contributed by atoms with van der Waals surface area (Å²) in [5.41, 5.74) is 5.97. The Morgan fingerprint density at radius 3 is 2.80 bits per heavy atom. The first-order valence-electron chi connectivity index (χ1n) is 4.29. The number of carbonyl (C=O) groups excluding carboxylic acids is 1. The minimum absolute atomic E-state index is 0.137. The van der Waals surface area contributed by atoms with Gasteiger partial charge in [0.15, 0.2) is 0 Å². The van der Waals surface area contributed by atoms with Crippen LogP contribution in [0.15, 0.2) is 18.2 Å². The molecule has 0 aromatic heterocycles. The third-order valence-corrected chi connectivity index (χ3v) is 1.81. The quantitative estimate of drug-likeness (QED) is 0.568. The Balaban J connectivity index is 3.07. The molecule has 0 heterocycles. The molecule has 6 heteroatoms. The van der Waals surface area contributed by atoms with Gasteiger partial charge in [-0.15, -0.1) is 0 Å². The molecule has 0 saturated carbocycles. The van der Waals surface area contributed by atoms with E-state index in [0.717, 1.165) is 5.56 Å². The number of benzene rings is 1. The second kappa shape index (κ2) is 4.52. The van der Waals surface area contributed by atoms with Crippen LogP contribution in [-0.4, -0.2) is 17.4 Å². The van der Waals surface area contributed by atoms with Crippen LogP contribution in [0, 0.1) is 17.0 Å². The first-order valence-corrected chi connectivity index (χ1v) is 4.29. The second-order valence-corrected chi connectivity index (χ2v) is 3.03. The van der Waals surface area contributed by atoms with Gasteiger partial charge < -0.3 is 11.1 Å². The molecule has 0 aliphatic carbocycles. The number of nitro benzene ring substituents is 1. The maximum Gasteiger partial charge on any atom is 0.292 e. The normalized spacial score (nSPS) is 9.73. The maximum atomic E-state index is 11.0. The van der Waals surface area contributed by atoms with Gasteiger partial charge in [-0.05, 0) is 18.6 Å². The largest absolute Gasteiger partial charge is 0.322 e. The summed E-state index contributed by atoms with van der Waals surface area (Å²) in [5.74, 6) is -0.455. The molecule has 0 aliphatic rings. The molecule has 6 nitrogen and oxygen atoms in total. The first-order chi connectivity index (χ1) is 7.04. The summed E-state index contributed by atoms with van der Waals surface area (Å²) in [6, 6.07) is 4.49. The summed E-state index contributed by atoms with van der Waals surface area (Å²) in [5, 5.41) is 13.0. The molecule has 1 rings (SSSR count). The molecule has 0 fully saturated rings. The molecule has 1 aromatic carbocycles. The third kappa shape index (κ3) is 2.75. The van der Waals surface area contributed by atoms with E-state index in [0.29, 0.717) is 0 Å². The Hall–Kier alpha value is -1.95. The van der Waals surface area contributed by atoms with Crippen molar-refractivity contribution in [3.8, 4) is 0 Å². The topological polar surface area (TPSA) is 98.3 Å². The number of aryl methyl sites for hydroxylation is 1. The lowest BCUT2D eigenvalue weighted by molar-refractivity contribution is -0.383.